The molecule has 16 heavy (non-hydrogen) atoms. The Morgan fingerprint density at radius 3 is 2.75 bits per heavy atom. The van der Waals surface area contributed by atoms with Gasteiger partial charge in [-0.2, -0.15) is 26.7 Å². The molecule has 1 aromatic heterocycles. The molecular weight excluding hydrogens is 226 g/mol. The molecule has 2 heterocycles. The Kier molecular flexibility index (Phi) is 3.66. The first kappa shape index (κ1) is 11.3. The van der Waals surface area contributed by atoms with Crippen molar-refractivity contribution in [3.63, 3.8) is 0 Å². The molecular formula is C9H15N5OS. The molecule has 1 aliphatic heterocycles. The van der Waals surface area contributed by atoms with Crippen LogP contribution in [0.3, 0.4) is 0 Å². The number of nitrogens with zero attached hydrogens (tertiary/aromatic N) is 4. The minimum atomic E-state index is 0.215. The molecule has 0 radical (unpaired) electrons. The molecule has 1 aliphatic rings. The van der Waals surface area contributed by atoms with Crippen LogP contribution in [0.5, 0.6) is 6.01 Å². The maximum absolute atomic E-state index is 5.62. The minimum Gasteiger partial charge on any atom is -0.464 e. The summed E-state index contributed by atoms with van der Waals surface area (Å²) in [7, 11) is 0. The predicted octanol–water partition coefficient (Wildman–Crippen LogP) is 0.406. The normalized spacial score (nSPS) is 16.2. The van der Waals surface area contributed by atoms with E-state index in [2.05, 4.69) is 19.9 Å². The van der Waals surface area contributed by atoms with Crippen molar-refractivity contribution < 1.29 is 4.74 Å². The second-order valence-electron chi connectivity index (χ2n) is 3.31. The predicted molar refractivity (Wildman–Crippen MR) is 64.9 cm³/mol. The van der Waals surface area contributed by atoms with Gasteiger partial charge < -0.3 is 15.4 Å². The molecule has 7 heteroatoms. The highest BCUT2D eigenvalue weighted by atomic mass is 32.2. The number of hydrogen-bond acceptors (Lipinski definition) is 7. The van der Waals surface area contributed by atoms with Crippen LogP contribution in [0, 0.1) is 0 Å². The van der Waals surface area contributed by atoms with Gasteiger partial charge in [0.05, 0.1) is 6.61 Å². The van der Waals surface area contributed by atoms with Gasteiger partial charge in [-0.05, 0) is 6.92 Å². The fourth-order valence-electron chi connectivity index (χ4n) is 1.46. The van der Waals surface area contributed by atoms with Crippen molar-refractivity contribution >= 4 is 23.7 Å². The van der Waals surface area contributed by atoms with Crippen molar-refractivity contribution in [2.45, 2.75) is 6.92 Å². The summed E-state index contributed by atoms with van der Waals surface area (Å²) in [6, 6.07) is 0.309. The average Bonchev–Trinajstić information content (AvgIpc) is 2.30. The average molecular weight is 241 g/mol. The third kappa shape index (κ3) is 2.66. The van der Waals surface area contributed by atoms with E-state index in [1.807, 2.05) is 18.7 Å². The third-order valence-corrected chi connectivity index (χ3v) is 3.13. The van der Waals surface area contributed by atoms with Crippen molar-refractivity contribution in [2.24, 2.45) is 0 Å². The molecule has 1 aromatic rings. The Balaban J connectivity index is 2.18. The maximum atomic E-state index is 5.62. The number of anilines is 2. The molecule has 0 saturated carbocycles. The quantitative estimate of drug-likeness (QED) is 0.821. The summed E-state index contributed by atoms with van der Waals surface area (Å²) >= 11 is 1.94. The third-order valence-electron chi connectivity index (χ3n) is 2.19. The van der Waals surface area contributed by atoms with E-state index >= 15 is 0 Å². The molecule has 1 fully saturated rings. The van der Waals surface area contributed by atoms with Gasteiger partial charge in [-0.1, -0.05) is 0 Å². The van der Waals surface area contributed by atoms with Gasteiger partial charge >= 0.3 is 6.01 Å². The Hall–Kier alpha value is -1.24. The first-order chi connectivity index (χ1) is 7.79. The summed E-state index contributed by atoms with van der Waals surface area (Å²) in [5.74, 6) is 3.02. The Morgan fingerprint density at radius 2 is 2.06 bits per heavy atom. The van der Waals surface area contributed by atoms with Crippen molar-refractivity contribution in [2.75, 3.05) is 41.8 Å². The van der Waals surface area contributed by atoms with E-state index < -0.39 is 0 Å². The molecule has 2 rings (SSSR count). The van der Waals surface area contributed by atoms with Crippen molar-refractivity contribution in [1.82, 2.24) is 15.0 Å². The molecule has 88 valence electrons. The smallest absolute Gasteiger partial charge is 0.323 e. The van der Waals surface area contributed by atoms with Gasteiger partial charge in [-0.3, -0.25) is 0 Å². The number of rotatable bonds is 3. The fourth-order valence-corrected chi connectivity index (χ4v) is 2.36. The number of hydrogen-bond donors (Lipinski definition) is 1. The zero-order valence-electron chi connectivity index (χ0n) is 9.22. The van der Waals surface area contributed by atoms with Crippen LogP contribution >= 0.6 is 11.8 Å². The zero-order chi connectivity index (χ0) is 11.4. The number of aromatic nitrogens is 3. The monoisotopic (exact) mass is 241 g/mol. The summed E-state index contributed by atoms with van der Waals surface area (Å²) in [5.41, 5.74) is 5.62. The second-order valence-corrected chi connectivity index (χ2v) is 4.53. The van der Waals surface area contributed by atoms with Crippen LogP contribution in [0.4, 0.5) is 11.9 Å². The van der Waals surface area contributed by atoms with Crippen molar-refractivity contribution in [1.29, 1.82) is 0 Å². The van der Waals surface area contributed by atoms with Crippen LogP contribution in [-0.2, 0) is 0 Å². The van der Waals surface area contributed by atoms with E-state index in [1.165, 1.54) is 0 Å². The SMILES string of the molecule is CCOc1nc(N)nc(N2CCSCC2)n1. The molecule has 0 aromatic carbocycles. The lowest BCUT2D eigenvalue weighted by Gasteiger charge is -2.26. The molecule has 0 amide bonds. The largest absolute Gasteiger partial charge is 0.464 e. The molecule has 0 unspecified atom stereocenters. The van der Waals surface area contributed by atoms with Gasteiger partial charge in [0.1, 0.15) is 0 Å². The van der Waals surface area contributed by atoms with E-state index in [9.17, 15) is 0 Å². The van der Waals surface area contributed by atoms with Crippen LogP contribution < -0.4 is 15.4 Å². The first-order valence-corrected chi connectivity index (χ1v) is 6.42. The van der Waals surface area contributed by atoms with E-state index in [-0.39, 0.29) is 5.95 Å². The molecule has 0 spiro atoms. The van der Waals surface area contributed by atoms with Crippen LogP contribution in [0.1, 0.15) is 6.92 Å². The molecule has 1 saturated heterocycles. The van der Waals surface area contributed by atoms with Gasteiger partial charge in [0, 0.05) is 24.6 Å². The number of ether oxygens (including phenoxy) is 1. The van der Waals surface area contributed by atoms with Gasteiger partial charge in [0.25, 0.3) is 0 Å². The minimum absolute atomic E-state index is 0.215. The van der Waals surface area contributed by atoms with Crippen LogP contribution in [0.15, 0.2) is 0 Å². The summed E-state index contributed by atoms with van der Waals surface area (Å²) in [4.78, 5) is 14.4. The molecule has 0 bridgehead atoms. The highest BCUT2D eigenvalue weighted by Crippen LogP contribution is 2.17. The molecule has 0 aliphatic carbocycles. The highest BCUT2D eigenvalue weighted by molar-refractivity contribution is 7.99. The lowest BCUT2D eigenvalue weighted by Crippen LogP contribution is -2.34. The fraction of sp³-hybridized carbons (Fsp3) is 0.667. The summed E-state index contributed by atoms with van der Waals surface area (Å²) in [5, 5.41) is 0. The molecule has 0 atom stereocenters. The Bertz CT molecular complexity index is 356. The van der Waals surface area contributed by atoms with Gasteiger partial charge in [0.15, 0.2) is 0 Å². The van der Waals surface area contributed by atoms with Crippen molar-refractivity contribution in [3.8, 4) is 6.01 Å². The maximum Gasteiger partial charge on any atom is 0.323 e. The first-order valence-electron chi connectivity index (χ1n) is 5.26. The van der Waals surface area contributed by atoms with Crippen LogP contribution in [-0.4, -0.2) is 46.2 Å². The van der Waals surface area contributed by atoms with Gasteiger partial charge in [-0.25, -0.2) is 0 Å². The van der Waals surface area contributed by atoms with E-state index in [4.69, 9.17) is 10.5 Å². The molecule has 6 nitrogen and oxygen atoms in total. The summed E-state index contributed by atoms with van der Waals surface area (Å²) < 4.78 is 5.24. The van der Waals surface area contributed by atoms with E-state index in [1.54, 1.807) is 0 Å². The van der Waals surface area contributed by atoms with Crippen LogP contribution in [0.2, 0.25) is 0 Å². The van der Waals surface area contributed by atoms with Crippen LogP contribution in [0.25, 0.3) is 0 Å². The van der Waals surface area contributed by atoms with E-state index in [0.29, 0.717) is 18.6 Å². The van der Waals surface area contributed by atoms with Crippen molar-refractivity contribution in [3.05, 3.63) is 0 Å². The lowest BCUT2D eigenvalue weighted by molar-refractivity contribution is 0.312. The summed E-state index contributed by atoms with van der Waals surface area (Å²) in [6.07, 6.45) is 0. The van der Waals surface area contributed by atoms with E-state index in [0.717, 1.165) is 24.6 Å². The van der Waals surface area contributed by atoms with Gasteiger partial charge in [-0.15, -0.1) is 0 Å². The Labute approximate surface area is 98.6 Å². The topological polar surface area (TPSA) is 77.2 Å². The van der Waals surface area contributed by atoms with Gasteiger partial charge in [0.2, 0.25) is 11.9 Å². The Morgan fingerprint density at radius 1 is 1.31 bits per heavy atom. The standard InChI is InChI=1S/C9H15N5OS/c1-2-15-9-12-7(10)11-8(13-9)14-3-5-16-6-4-14/h2-6H2,1H3,(H2,10,11,12,13). The zero-order valence-corrected chi connectivity index (χ0v) is 10.0. The number of thioether (sulfide) groups is 1. The number of nitrogen functional groups attached to an aromatic ring is 1. The number of nitrogens with two attached hydrogens (primary N) is 1. The second kappa shape index (κ2) is 5.20. The lowest BCUT2D eigenvalue weighted by atomic mass is 10.5. The summed E-state index contributed by atoms with van der Waals surface area (Å²) in [6.45, 7) is 4.30. The highest BCUT2D eigenvalue weighted by Gasteiger charge is 2.15. The molecule has 2 N–H and O–H groups in total.